The number of aryl methyl sites for hydroxylation is 1. The van der Waals surface area contributed by atoms with Gasteiger partial charge in [0.25, 0.3) is 0 Å². The molecule has 0 aliphatic carbocycles. The zero-order chi connectivity index (χ0) is 30.7. The SMILES string of the molecule is C=CC(=O)N1CC(C)N2c3nc(=O)n(-c4c(C)ccnc4C(C)C)c4c(F)c(-c5ccccc5O)c(Cl)c(c34)NCC2C1. The Morgan fingerprint density at radius 3 is 2.70 bits per heavy atom. The maximum absolute atomic E-state index is 17.3. The summed E-state index contributed by atoms with van der Waals surface area (Å²) in [5.74, 6) is -0.913. The number of halogens is 2. The van der Waals surface area contributed by atoms with E-state index in [0.717, 1.165) is 5.56 Å². The summed E-state index contributed by atoms with van der Waals surface area (Å²) >= 11 is 7.03. The van der Waals surface area contributed by atoms with E-state index in [1.165, 1.54) is 16.7 Å². The molecule has 2 aromatic carbocycles. The van der Waals surface area contributed by atoms with Crippen LogP contribution in [0.2, 0.25) is 5.02 Å². The molecule has 2 aromatic heterocycles. The van der Waals surface area contributed by atoms with Crippen molar-refractivity contribution in [3.05, 3.63) is 81.8 Å². The van der Waals surface area contributed by atoms with Gasteiger partial charge >= 0.3 is 5.69 Å². The molecule has 4 heterocycles. The molecule has 1 saturated heterocycles. The van der Waals surface area contributed by atoms with Crippen molar-refractivity contribution in [3.63, 3.8) is 0 Å². The number of pyridine rings is 1. The maximum Gasteiger partial charge on any atom is 0.354 e. The van der Waals surface area contributed by atoms with Gasteiger partial charge in [-0.3, -0.25) is 14.3 Å². The molecule has 2 atom stereocenters. The predicted molar refractivity (Wildman–Crippen MR) is 167 cm³/mol. The number of carbonyl (C=O) groups is 1. The van der Waals surface area contributed by atoms with Crippen molar-refractivity contribution in [2.75, 3.05) is 29.9 Å². The van der Waals surface area contributed by atoms with Crippen LogP contribution in [0, 0.1) is 12.7 Å². The first-order valence-electron chi connectivity index (χ1n) is 14.2. The van der Waals surface area contributed by atoms with E-state index in [4.69, 9.17) is 11.6 Å². The summed E-state index contributed by atoms with van der Waals surface area (Å²) in [6.07, 6.45) is 2.95. The summed E-state index contributed by atoms with van der Waals surface area (Å²) in [6, 6.07) is 7.58. The van der Waals surface area contributed by atoms with Crippen molar-refractivity contribution in [1.82, 2.24) is 19.4 Å². The minimum absolute atomic E-state index is 0.0180. The second-order valence-corrected chi connectivity index (χ2v) is 11.8. The molecule has 6 rings (SSSR count). The summed E-state index contributed by atoms with van der Waals surface area (Å²) in [5.41, 5.74) is 1.64. The number of nitrogens with one attached hydrogen (secondary N) is 1. The lowest BCUT2D eigenvalue weighted by Crippen LogP contribution is -2.61. The second kappa shape index (κ2) is 10.7. The van der Waals surface area contributed by atoms with Crippen molar-refractivity contribution >= 4 is 39.9 Å². The van der Waals surface area contributed by atoms with Gasteiger partial charge in [0.15, 0.2) is 5.82 Å². The quantitative estimate of drug-likeness (QED) is 0.302. The molecule has 1 fully saturated rings. The lowest BCUT2D eigenvalue weighted by molar-refractivity contribution is -0.127. The van der Waals surface area contributed by atoms with Crippen LogP contribution >= 0.6 is 11.6 Å². The normalized spacial score (nSPS) is 17.9. The number of hydrogen-bond acceptors (Lipinski definition) is 7. The van der Waals surface area contributed by atoms with Gasteiger partial charge < -0.3 is 20.2 Å². The second-order valence-electron chi connectivity index (χ2n) is 11.4. The third-order valence-electron chi connectivity index (χ3n) is 8.32. The third kappa shape index (κ3) is 4.43. The highest BCUT2D eigenvalue weighted by atomic mass is 35.5. The molecule has 1 amide bonds. The third-order valence-corrected chi connectivity index (χ3v) is 8.70. The molecule has 222 valence electrons. The number of piperazine rings is 1. The number of rotatable bonds is 4. The van der Waals surface area contributed by atoms with Crippen LogP contribution in [0.3, 0.4) is 0 Å². The highest BCUT2D eigenvalue weighted by Gasteiger charge is 2.40. The van der Waals surface area contributed by atoms with Crippen LogP contribution in [0.25, 0.3) is 27.7 Å². The van der Waals surface area contributed by atoms with Gasteiger partial charge in [-0.15, -0.1) is 0 Å². The molecule has 4 aromatic rings. The number of benzene rings is 2. The van der Waals surface area contributed by atoms with Gasteiger partial charge in [-0.25, -0.2) is 9.18 Å². The first-order valence-corrected chi connectivity index (χ1v) is 14.6. The molecule has 2 N–H and O–H groups in total. The van der Waals surface area contributed by atoms with Crippen molar-refractivity contribution in [1.29, 1.82) is 0 Å². The minimum atomic E-state index is -0.766. The molecule has 2 aliphatic heterocycles. The van der Waals surface area contributed by atoms with Crippen LogP contribution in [0.5, 0.6) is 5.75 Å². The lowest BCUT2D eigenvalue weighted by Gasteiger charge is -2.45. The molecule has 0 spiro atoms. The standard InChI is InChI=1S/C32H32ClFN6O3/c1-6-22(42)38-14-18(5)39-19(15-38)13-36-28-24-30(26(34)23(25(28)33)20-9-7-8-10-21(20)41)40(32(43)37-31(24)39)29-17(4)11-12-35-27(29)16(2)3/h6-12,16,18-19,36,41H,1,13-15H2,2-5H3. The smallest absolute Gasteiger partial charge is 0.354 e. The average molecular weight is 603 g/mol. The number of amides is 1. The van der Waals surface area contributed by atoms with E-state index in [1.807, 2.05) is 32.6 Å². The fourth-order valence-corrected chi connectivity index (χ4v) is 6.77. The number of fused-ring (bicyclic) bond motifs is 2. The zero-order valence-corrected chi connectivity index (χ0v) is 25.1. The number of aromatic hydroxyl groups is 1. The maximum atomic E-state index is 17.3. The lowest BCUT2D eigenvalue weighted by atomic mass is 9.98. The molecule has 43 heavy (non-hydrogen) atoms. The molecular formula is C32H32ClFN6O3. The number of para-hydroxylation sites is 1. The Balaban J connectivity index is 1.76. The van der Waals surface area contributed by atoms with Crippen LogP contribution in [-0.2, 0) is 4.79 Å². The van der Waals surface area contributed by atoms with Crippen molar-refractivity contribution in [3.8, 4) is 22.6 Å². The van der Waals surface area contributed by atoms with E-state index in [-0.39, 0.29) is 57.1 Å². The number of hydrogen-bond donors (Lipinski definition) is 2. The average Bonchev–Trinajstić information content (AvgIpc) is 3.13. The first-order chi connectivity index (χ1) is 20.5. The van der Waals surface area contributed by atoms with Gasteiger partial charge in [0.05, 0.1) is 33.5 Å². The Kier molecular flexibility index (Phi) is 7.12. The Morgan fingerprint density at radius 1 is 1.26 bits per heavy atom. The molecule has 0 radical (unpaired) electrons. The van der Waals surface area contributed by atoms with Crippen LogP contribution in [0.15, 0.2) is 54.0 Å². The molecule has 2 aliphatic rings. The van der Waals surface area contributed by atoms with Gasteiger partial charge in [0.1, 0.15) is 17.1 Å². The highest BCUT2D eigenvalue weighted by molar-refractivity contribution is 6.38. The van der Waals surface area contributed by atoms with Crippen LogP contribution < -0.4 is 15.9 Å². The monoisotopic (exact) mass is 602 g/mol. The van der Waals surface area contributed by atoms with Gasteiger partial charge in [-0.2, -0.15) is 4.98 Å². The number of carbonyl (C=O) groups excluding carboxylic acids is 1. The Hall–Kier alpha value is -4.44. The van der Waals surface area contributed by atoms with Gasteiger partial charge in [-0.05, 0) is 43.5 Å². The van der Waals surface area contributed by atoms with E-state index < -0.39 is 11.5 Å². The van der Waals surface area contributed by atoms with Crippen molar-refractivity contribution in [2.24, 2.45) is 0 Å². The van der Waals surface area contributed by atoms with Gasteiger partial charge in [-0.1, -0.05) is 50.2 Å². The first kappa shape index (κ1) is 28.7. The Morgan fingerprint density at radius 2 is 2.00 bits per heavy atom. The summed E-state index contributed by atoms with van der Waals surface area (Å²) in [5, 5.41) is 14.6. The summed E-state index contributed by atoms with van der Waals surface area (Å²) in [6.45, 7) is 12.4. The molecule has 9 nitrogen and oxygen atoms in total. The van der Waals surface area contributed by atoms with E-state index in [0.29, 0.717) is 42.1 Å². The fraction of sp³-hybridized carbons (Fsp3) is 0.312. The van der Waals surface area contributed by atoms with Gasteiger partial charge in [0.2, 0.25) is 5.91 Å². The van der Waals surface area contributed by atoms with Crippen LogP contribution in [0.1, 0.15) is 37.9 Å². The van der Waals surface area contributed by atoms with Crippen molar-refractivity contribution in [2.45, 2.75) is 45.7 Å². The summed E-state index contributed by atoms with van der Waals surface area (Å²) < 4.78 is 18.6. The topological polar surface area (TPSA) is 104 Å². The van der Waals surface area contributed by atoms with E-state index in [2.05, 4.69) is 21.9 Å². The summed E-state index contributed by atoms with van der Waals surface area (Å²) in [4.78, 5) is 39.6. The fourth-order valence-electron chi connectivity index (χ4n) is 6.42. The molecular weight excluding hydrogens is 571 g/mol. The largest absolute Gasteiger partial charge is 0.507 e. The number of phenolic OH excluding ortho intramolecular Hbond substituents is 1. The minimum Gasteiger partial charge on any atom is -0.507 e. The van der Waals surface area contributed by atoms with E-state index >= 15 is 4.39 Å². The molecule has 0 saturated carbocycles. The Labute approximate surface area is 253 Å². The number of aromatic nitrogens is 3. The predicted octanol–water partition coefficient (Wildman–Crippen LogP) is 5.39. The Bertz CT molecular complexity index is 1870. The van der Waals surface area contributed by atoms with E-state index in [9.17, 15) is 14.7 Å². The molecule has 0 bridgehead atoms. The van der Waals surface area contributed by atoms with Crippen LogP contribution in [-0.4, -0.2) is 62.2 Å². The van der Waals surface area contributed by atoms with Gasteiger partial charge in [0, 0.05) is 43.0 Å². The zero-order valence-electron chi connectivity index (χ0n) is 24.4. The van der Waals surface area contributed by atoms with Crippen LogP contribution in [0.4, 0.5) is 15.9 Å². The number of phenols is 1. The molecule has 2 unspecified atom stereocenters. The molecule has 11 heteroatoms. The summed E-state index contributed by atoms with van der Waals surface area (Å²) in [7, 11) is 0. The number of nitrogens with zero attached hydrogens (tertiary/aromatic N) is 5. The van der Waals surface area contributed by atoms with Crippen molar-refractivity contribution < 1.29 is 14.3 Å². The number of anilines is 2. The highest BCUT2D eigenvalue weighted by Crippen LogP contribution is 2.49. The van der Waals surface area contributed by atoms with E-state index in [1.54, 1.807) is 35.4 Å².